The van der Waals surface area contributed by atoms with Gasteiger partial charge in [0.2, 0.25) is 0 Å². The molecule has 2 amide bonds. The number of hydrogen-bond acceptors (Lipinski definition) is 4. The molecule has 0 radical (unpaired) electrons. The van der Waals surface area contributed by atoms with Crippen molar-refractivity contribution in [3.63, 3.8) is 0 Å². The van der Waals surface area contributed by atoms with Crippen LogP contribution in [0.2, 0.25) is 0 Å². The van der Waals surface area contributed by atoms with E-state index in [-0.39, 0.29) is 24.2 Å². The second-order valence-electron chi connectivity index (χ2n) is 6.76. The quantitative estimate of drug-likeness (QED) is 0.590. The molecule has 160 valence electrons. The molecule has 0 aliphatic carbocycles. The van der Waals surface area contributed by atoms with E-state index in [1.165, 1.54) is 29.2 Å². The van der Waals surface area contributed by atoms with Crippen LogP contribution in [0.4, 0.5) is 10.1 Å². The van der Waals surface area contributed by atoms with Gasteiger partial charge in [-0.2, -0.15) is 0 Å². The maximum atomic E-state index is 13.0. The molecule has 6 nitrogen and oxygen atoms in total. The van der Waals surface area contributed by atoms with Gasteiger partial charge in [-0.3, -0.25) is 9.59 Å². The molecule has 0 atom stereocenters. The highest BCUT2D eigenvalue weighted by atomic mass is 19.1. The highest BCUT2D eigenvalue weighted by Crippen LogP contribution is 2.19. The van der Waals surface area contributed by atoms with Gasteiger partial charge in [-0.15, -0.1) is 0 Å². The largest absolute Gasteiger partial charge is 0.497 e. The highest BCUT2D eigenvalue weighted by Gasteiger charge is 2.17. The number of rotatable bonds is 8. The molecular formula is C24H23FN2O4. The van der Waals surface area contributed by atoms with Crippen molar-refractivity contribution in [1.82, 2.24) is 4.90 Å². The molecule has 0 saturated heterocycles. The van der Waals surface area contributed by atoms with Crippen molar-refractivity contribution >= 4 is 17.5 Å². The van der Waals surface area contributed by atoms with E-state index in [1.54, 1.807) is 62.7 Å². The summed E-state index contributed by atoms with van der Waals surface area (Å²) in [6, 6.07) is 19.2. The molecule has 3 rings (SSSR count). The molecule has 3 aromatic carbocycles. The molecule has 3 aromatic rings. The zero-order chi connectivity index (χ0) is 22.2. The highest BCUT2D eigenvalue weighted by molar-refractivity contribution is 6.09. The van der Waals surface area contributed by atoms with E-state index >= 15 is 0 Å². The predicted octanol–water partition coefficient (Wildman–Crippen LogP) is 4.24. The Bertz CT molecular complexity index is 1040. The van der Waals surface area contributed by atoms with Crippen molar-refractivity contribution in [2.75, 3.05) is 32.6 Å². The summed E-state index contributed by atoms with van der Waals surface area (Å²) in [5.74, 6) is 0.248. The Hall–Kier alpha value is -3.87. The second kappa shape index (κ2) is 10.2. The molecule has 0 aliphatic rings. The fourth-order valence-electron chi connectivity index (χ4n) is 2.85. The van der Waals surface area contributed by atoms with E-state index in [4.69, 9.17) is 9.47 Å². The number of hydrogen-bond donors (Lipinski definition) is 1. The normalized spacial score (nSPS) is 10.3. The predicted molar refractivity (Wildman–Crippen MR) is 116 cm³/mol. The van der Waals surface area contributed by atoms with Crippen molar-refractivity contribution in [3.05, 3.63) is 89.7 Å². The van der Waals surface area contributed by atoms with E-state index in [0.717, 1.165) is 0 Å². The Morgan fingerprint density at radius 3 is 2.26 bits per heavy atom. The minimum absolute atomic E-state index is 0.244. The number of halogens is 1. The minimum Gasteiger partial charge on any atom is -0.497 e. The first kappa shape index (κ1) is 21.8. The number of methoxy groups -OCH3 is 1. The van der Waals surface area contributed by atoms with Gasteiger partial charge in [0.15, 0.2) is 0 Å². The average molecular weight is 422 g/mol. The molecule has 0 fully saturated rings. The summed E-state index contributed by atoms with van der Waals surface area (Å²) in [6.07, 6.45) is 0. The molecule has 0 saturated carbocycles. The van der Waals surface area contributed by atoms with Crippen LogP contribution in [0, 0.1) is 5.82 Å². The summed E-state index contributed by atoms with van der Waals surface area (Å²) in [6.45, 7) is 0.561. The summed E-state index contributed by atoms with van der Waals surface area (Å²) >= 11 is 0. The molecule has 1 N–H and O–H groups in total. The van der Waals surface area contributed by atoms with Gasteiger partial charge < -0.3 is 19.7 Å². The first-order valence-corrected chi connectivity index (χ1v) is 9.66. The number of ether oxygens (including phenoxy) is 2. The zero-order valence-corrected chi connectivity index (χ0v) is 17.3. The first-order chi connectivity index (χ1) is 15.0. The number of amides is 2. The molecule has 0 aromatic heterocycles. The Morgan fingerprint density at radius 2 is 1.58 bits per heavy atom. The van der Waals surface area contributed by atoms with Crippen LogP contribution in [0.3, 0.4) is 0 Å². The third-order valence-electron chi connectivity index (χ3n) is 4.61. The first-order valence-electron chi connectivity index (χ1n) is 9.66. The summed E-state index contributed by atoms with van der Waals surface area (Å²) in [5.41, 5.74) is 1.23. The van der Waals surface area contributed by atoms with Crippen molar-refractivity contribution in [3.8, 4) is 11.5 Å². The van der Waals surface area contributed by atoms with Gasteiger partial charge in [0.1, 0.15) is 23.9 Å². The van der Waals surface area contributed by atoms with Crippen molar-refractivity contribution in [2.24, 2.45) is 0 Å². The third kappa shape index (κ3) is 5.82. The SMILES string of the molecule is COc1ccc(C(=O)Nc2ccccc2C(=O)N(C)CCOc2ccc(F)cc2)cc1. The molecule has 0 spiro atoms. The number of para-hydroxylation sites is 1. The molecule has 0 heterocycles. The Kier molecular flexibility index (Phi) is 7.22. The lowest BCUT2D eigenvalue weighted by Gasteiger charge is -2.19. The number of benzene rings is 3. The Balaban J connectivity index is 1.63. The lowest BCUT2D eigenvalue weighted by molar-refractivity contribution is 0.0775. The number of likely N-dealkylation sites (N-methyl/N-ethyl adjacent to an activating group) is 1. The van der Waals surface area contributed by atoms with Crippen LogP contribution in [0.1, 0.15) is 20.7 Å². The lowest BCUT2D eigenvalue weighted by Crippen LogP contribution is -2.31. The van der Waals surface area contributed by atoms with E-state index in [0.29, 0.717) is 34.9 Å². The number of carbonyl (C=O) groups is 2. The van der Waals surface area contributed by atoms with Gasteiger partial charge in [-0.25, -0.2) is 4.39 Å². The zero-order valence-electron chi connectivity index (χ0n) is 17.3. The van der Waals surface area contributed by atoms with E-state index in [9.17, 15) is 14.0 Å². The van der Waals surface area contributed by atoms with Crippen LogP contribution < -0.4 is 14.8 Å². The number of carbonyl (C=O) groups excluding carboxylic acids is 2. The number of nitrogens with zero attached hydrogens (tertiary/aromatic N) is 1. The average Bonchev–Trinajstić information content (AvgIpc) is 2.80. The molecular weight excluding hydrogens is 399 g/mol. The number of anilines is 1. The van der Waals surface area contributed by atoms with Crippen LogP contribution in [0.5, 0.6) is 11.5 Å². The summed E-state index contributed by atoms with van der Waals surface area (Å²) < 4.78 is 23.6. The summed E-state index contributed by atoms with van der Waals surface area (Å²) in [4.78, 5) is 27.0. The Morgan fingerprint density at radius 1 is 0.935 bits per heavy atom. The maximum absolute atomic E-state index is 13.0. The van der Waals surface area contributed by atoms with Gasteiger partial charge in [0.05, 0.1) is 24.9 Å². The van der Waals surface area contributed by atoms with Crippen molar-refractivity contribution < 1.29 is 23.5 Å². The molecule has 0 unspecified atom stereocenters. The van der Waals surface area contributed by atoms with Crippen molar-refractivity contribution in [2.45, 2.75) is 0 Å². The second-order valence-corrected chi connectivity index (χ2v) is 6.76. The summed E-state index contributed by atoms with van der Waals surface area (Å²) in [5, 5.41) is 2.79. The van der Waals surface area contributed by atoms with Gasteiger partial charge >= 0.3 is 0 Å². The van der Waals surface area contributed by atoms with E-state index < -0.39 is 0 Å². The van der Waals surface area contributed by atoms with Gasteiger partial charge in [-0.05, 0) is 60.7 Å². The smallest absolute Gasteiger partial charge is 0.255 e. The fourth-order valence-corrected chi connectivity index (χ4v) is 2.85. The van der Waals surface area contributed by atoms with Crippen LogP contribution >= 0.6 is 0 Å². The van der Waals surface area contributed by atoms with Crippen LogP contribution in [0.15, 0.2) is 72.8 Å². The lowest BCUT2D eigenvalue weighted by atomic mass is 10.1. The van der Waals surface area contributed by atoms with Crippen LogP contribution in [-0.2, 0) is 0 Å². The molecule has 31 heavy (non-hydrogen) atoms. The topological polar surface area (TPSA) is 67.9 Å². The number of nitrogens with one attached hydrogen (secondary N) is 1. The monoisotopic (exact) mass is 422 g/mol. The van der Waals surface area contributed by atoms with Gasteiger partial charge in [0.25, 0.3) is 11.8 Å². The molecule has 7 heteroatoms. The van der Waals surface area contributed by atoms with Crippen LogP contribution in [0.25, 0.3) is 0 Å². The minimum atomic E-state index is -0.340. The van der Waals surface area contributed by atoms with Gasteiger partial charge in [-0.1, -0.05) is 12.1 Å². The van der Waals surface area contributed by atoms with E-state index in [1.807, 2.05) is 0 Å². The molecule has 0 bridgehead atoms. The third-order valence-corrected chi connectivity index (χ3v) is 4.61. The summed E-state index contributed by atoms with van der Waals surface area (Å²) in [7, 11) is 3.20. The van der Waals surface area contributed by atoms with Gasteiger partial charge in [0, 0.05) is 12.6 Å². The maximum Gasteiger partial charge on any atom is 0.255 e. The van der Waals surface area contributed by atoms with Crippen LogP contribution in [-0.4, -0.2) is 44.0 Å². The van der Waals surface area contributed by atoms with Crippen molar-refractivity contribution in [1.29, 1.82) is 0 Å². The molecule has 0 aliphatic heterocycles. The van der Waals surface area contributed by atoms with E-state index in [2.05, 4.69) is 5.32 Å². The Labute approximate surface area is 180 Å². The fraction of sp³-hybridized carbons (Fsp3) is 0.167. The standard InChI is InChI=1S/C24H23FN2O4/c1-27(15-16-31-20-13-9-18(25)10-14-20)24(29)21-5-3-4-6-22(21)26-23(28)17-7-11-19(30-2)12-8-17/h3-14H,15-16H2,1-2H3,(H,26,28).